The van der Waals surface area contributed by atoms with Crippen LogP contribution in [-0.4, -0.2) is 31.9 Å². The SMILES string of the molecule is CC1=Nc2nnnn2C(c2cccc3ccccc23)C1C(=O)OCc1ccc(C#N)cc1. The van der Waals surface area contributed by atoms with E-state index in [9.17, 15) is 4.79 Å². The fourth-order valence-corrected chi connectivity index (χ4v) is 4.08. The highest BCUT2D eigenvalue weighted by molar-refractivity contribution is 6.04. The van der Waals surface area contributed by atoms with Crippen LogP contribution in [0.4, 0.5) is 5.95 Å². The summed E-state index contributed by atoms with van der Waals surface area (Å²) in [4.78, 5) is 17.8. The minimum atomic E-state index is -0.685. The summed E-state index contributed by atoms with van der Waals surface area (Å²) in [5, 5.41) is 22.9. The van der Waals surface area contributed by atoms with Crippen molar-refractivity contribution >= 4 is 28.4 Å². The zero-order valence-electron chi connectivity index (χ0n) is 17.2. The number of nitrogens with zero attached hydrogens (tertiary/aromatic N) is 6. The van der Waals surface area contributed by atoms with Gasteiger partial charge in [0.2, 0.25) is 0 Å². The number of carbonyl (C=O) groups is 1. The van der Waals surface area contributed by atoms with E-state index in [0.717, 1.165) is 21.9 Å². The van der Waals surface area contributed by atoms with Gasteiger partial charge in [0.1, 0.15) is 18.6 Å². The fraction of sp³-hybridized carbons (Fsp3) is 0.167. The standard InChI is InChI=1S/C24H18N6O2/c1-15-21(23(31)32-14-17-11-9-16(13-25)10-12-17)22(30-24(26-15)27-28-29-30)20-8-4-6-18-5-2-3-7-19(18)20/h2-12,21-22H,14H2,1H3. The Labute approximate surface area is 183 Å². The van der Waals surface area contributed by atoms with Crippen molar-refractivity contribution in [2.75, 3.05) is 0 Å². The largest absolute Gasteiger partial charge is 0.460 e. The molecular weight excluding hydrogens is 404 g/mol. The summed E-state index contributed by atoms with van der Waals surface area (Å²) < 4.78 is 7.27. The fourth-order valence-electron chi connectivity index (χ4n) is 4.08. The van der Waals surface area contributed by atoms with Crippen molar-refractivity contribution in [2.24, 2.45) is 10.9 Å². The Bertz CT molecular complexity index is 1380. The van der Waals surface area contributed by atoms with Crippen molar-refractivity contribution < 1.29 is 9.53 Å². The summed E-state index contributed by atoms with van der Waals surface area (Å²) in [5.74, 6) is -0.735. The van der Waals surface area contributed by atoms with Crippen LogP contribution in [0.3, 0.4) is 0 Å². The van der Waals surface area contributed by atoms with Crippen LogP contribution in [0.25, 0.3) is 10.8 Å². The van der Waals surface area contributed by atoms with Gasteiger partial charge >= 0.3 is 5.97 Å². The third kappa shape index (κ3) is 3.40. The molecule has 0 amide bonds. The number of aromatic nitrogens is 4. The van der Waals surface area contributed by atoms with E-state index in [-0.39, 0.29) is 6.61 Å². The number of hydrogen-bond acceptors (Lipinski definition) is 7. The molecule has 0 saturated heterocycles. The second-order valence-corrected chi connectivity index (χ2v) is 7.58. The van der Waals surface area contributed by atoms with Gasteiger partial charge in [-0.1, -0.05) is 59.7 Å². The minimum absolute atomic E-state index is 0.0963. The Morgan fingerprint density at radius 2 is 1.88 bits per heavy atom. The lowest BCUT2D eigenvalue weighted by molar-refractivity contribution is -0.148. The Balaban J connectivity index is 1.52. The zero-order valence-corrected chi connectivity index (χ0v) is 17.2. The summed E-state index contributed by atoms with van der Waals surface area (Å²) in [6.07, 6.45) is 0. The van der Waals surface area contributed by atoms with E-state index in [1.807, 2.05) is 42.5 Å². The predicted octanol–water partition coefficient (Wildman–Crippen LogP) is 3.75. The first kappa shape index (κ1) is 19.6. The molecule has 0 bridgehead atoms. The average molecular weight is 422 g/mol. The van der Waals surface area contributed by atoms with Gasteiger partial charge in [0.15, 0.2) is 0 Å². The molecule has 0 aliphatic carbocycles. The van der Waals surface area contributed by atoms with Crippen LogP contribution >= 0.6 is 0 Å². The topological polar surface area (TPSA) is 106 Å². The minimum Gasteiger partial charge on any atom is -0.460 e. The Morgan fingerprint density at radius 3 is 2.69 bits per heavy atom. The number of carbonyl (C=O) groups excluding carboxylic acids is 1. The molecule has 1 aromatic heterocycles. The normalized spacial score (nSPS) is 17.3. The van der Waals surface area contributed by atoms with Gasteiger partial charge in [0.25, 0.3) is 5.95 Å². The lowest BCUT2D eigenvalue weighted by Gasteiger charge is -2.30. The second-order valence-electron chi connectivity index (χ2n) is 7.58. The van der Waals surface area contributed by atoms with E-state index in [2.05, 4.69) is 26.6 Å². The number of hydrogen-bond donors (Lipinski definition) is 0. The van der Waals surface area contributed by atoms with Gasteiger partial charge in [-0.3, -0.25) is 4.79 Å². The molecular formula is C24H18N6O2. The molecule has 1 aliphatic rings. The third-order valence-corrected chi connectivity index (χ3v) is 5.64. The summed E-state index contributed by atoms with van der Waals surface area (Å²) in [5.41, 5.74) is 2.87. The van der Waals surface area contributed by atoms with Crippen LogP contribution in [0.2, 0.25) is 0 Å². The molecule has 0 radical (unpaired) electrons. The molecule has 32 heavy (non-hydrogen) atoms. The van der Waals surface area contributed by atoms with Crippen molar-refractivity contribution in [3.8, 4) is 6.07 Å². The molecule has 5 rings (SSSR count). The molecule has 8 nitrogen and oxygen atoms in total. The third-order valence-electron chi connectivity index (χ3n) is 5.64. The maximum atomic E-state index is 13.3. The average Bonchev–Trinajstić information content (AvgIpc) is 3.29. The van der Waals surface area contributed by atoms with Gasteiger partial charge in [-0.05, 0) is 51.4 Å². The van der Waals surface area contributed by atoms with Crippen molar-refractivity contribution in [3.63, 3.8) is 0 Å². The van der Waals surface area contributed by atoms with E-state index < -0.39 is 17.9 Å². The summed E-state index contributed by atoms with van der Waals surface area (Å²) >= 11 is 0. The van der Waals surface area contributed by atoms with Crippen LogP contribution in [0, 0.1) is 17.2 Å². The quantitative estimate of drug-likeness (QED) is 0.464. The van der Waals surface area contributed by atoms with Gasteiger partial charge in [-0.2, -0.15) is 5.26 Å². The molecule has 2 atom stereocenters. The Kier molecular flexibility index (Phi) is 4.92. The number of rotatable bonds is 4. The zero-order chi connectivity index (χ0) is 22.1. The Hall–Kier alpha value is -4.38. The van der Waals surface area contributed by atoms with Crippen molar-refractivity contribution in [2.45, 2.75) is 19.6 Å². The molecule has 0 N–H and O–H groups in total. The number of benzene rings is 3. The van der Waals surface area contributed by atoms with Gasteiger partial charge in [0.05, 0.1) is 11.6 Å². The smallest absolute Gasteiger partial charge is 0.317 e. The number of nitriles is 1. The van der Waals surface area contributed by atoms with E-state index in [0.29, 0.717) is 17.2 Å². The van der Waals surface area contributed by atoms with E-state index in [1.54, 1.807) is 35.9 Å². The molecule has 0 spiro atoms. The predicted molar refractivity (Wildman–Crippen MR) is 117 cm³/mol. The maximum Gasteiger partial charge on any atom is 0.317 e. The Morgan fingerprint density at radius 1 is 1.09 bits per heavy atom. The molecule has 156 valence electrons. The van der Waals surface area contributed by atoms with Crippen molar-refractivity contribution in [1.82, 2.24) is 20.2 Å². The molecule has 3 aromatic carbocycles. The first-order valence-corrected chi connectivity index (χ1v) is 10.1. The summed E-state index contributed by atoms with van der Waals surface area (Å²) in [7, 11) is 0. The highest BCUT2D eigenvalue weighted by Gasteiger charge is 2.40. The molecule has 0 saturated carbocycles. The highest BCUT2D eigenvalue weighted by Crippen LogP contribution is 2.38. The number of ether oxygens (including phenoxy) is 1. The van der Waals surface area contributed by atoms with Crippen LogP contribution in [-0.2, 0) is 16.1 Å². The van der Waals surface area contributed by atoms with Gasteiger partial charge in [-0.15, -0.1) is 0 Å². The van der Waals surface area contributed by atoms with Crippen molar-refractivity contribution in [1.29, 1.82) is 5.26 Å². The molecule has 0 fully saturated rings. The van der Waals surface area contributed by atoms with Crippen LogP contribution in [0.5, 0.6) is 0 Å². The molecule has 1 aliphatic heterocycles. The van der Waals surface area contributed by atoms with E-state index in [4.69, 9.17) is 10.00 Å². The number of tetrazole rings is 1. The number of aliphatic imine (C=N–C) groups is 1. The first-order chi connectivity index (χ1) is 15.7. The van der Waals surface area contributed by atoms with Gasteiger partial charge in [-0.25, -0.2) is 9.67 Å². The molecule has 2 heterocycles. The maximum absolute atomic E-state index is 13.3. The summed E-state index contributed by atoms with van der Waals surface area (Å²) in [6.45, 7) is 1.89. The number of fused-ring (bicyclic) bond motifs is 2. The second kappa shape index (κ2) is 8.04. The van der Waals surface area contributed by atoms with Crippen LogP contribution < -0.4 is 0 Å². The van der Waals surface area contributed by atoms with Crippen LogP contribution in [0.1, 0.15) is 29.7 Å². The van der Waals surface area contributed by atoms with Crippen molar-refractivity contribution in [3.05, 3.63) is 83.4 Å². The van der Waals surface area contributed by atoms with E-state index in [1.165, 1.54) is 0 Å². The van der Waals surface area contributed by atoms with Gasteiger partial charge < -0.3 is 4.74 Å². The van der Waals surface area contributed by atoms with E-state index >= 15 is 0 Å². The molecule has 2 unspecified atom stereocenters. The monoisotopic (exact) mass is 422 g/mol. The molecule has 8 heteroatoms. The highest BCUT2D eigenvalue weighted by atomic mass is 16.5. The van der Waals surface area contributed by atoms with Gasteiger partial charge in [0, 0.05) is 5.71 Å². The van der Waals surface area contributed by atoms with Crippen LogP contribution in [0.15, 0.2) is 71.7 Å². The first-order valence-electron chi connectivity index (χ1n) is 10.1. The molecule has 4 aromatic rings. The lowest BCUT2D eigenvalue weighted by atomic mass is 9.86. The lowest BCUT2D eigenvalue weighted by Crippen LogP contribution is -2.37. The number of esters is 1. The summed E-state index contributed by atoms with van der Waals surface area (Å²) in [6, 6.07) is 22.5.